The average Bonchev–Trinajstić information content (AvgIpc) is 2.87. The van der Waals surface area contributed by atoms with Crippen molar-refractivity contribution in [3.63, 3.8) is 0 Å². The smallest absolute Gasteiger partial charge is 0.186 e. The summed E-state index contributed by atoms with van der Waals surface area (Å²) in [6.07, 6.45) is 1.99. The van der Waals surface area contributed by atoms with Crippen LogP contribution in [-0.4, -0.2) is 39.2 Å². The van der Waals surface area contributed by atoms with E-state index in [-0.39, 0.29) is 0 Å². The molecule has 1 spiro atoms. The number of hydrogen-bond acceptors (Lipinski definition) is 5. The molecule has 2 fully saturated rings. The monoisotopic (exact) mass is 264 g/mol. The van der Waals surface area contributed by atoms with Gasteiger partial charge in [0.1, 0.15) is 5.75 Å². The number of methoxy groups -OCH3 is 1. The lowest BCUT2D eigenvalue weighted by Gasteiger charge is -2.40. The van der Waals surface area contributed by atoms with Crippen LogP contribution in [0.2, 0.25) is 0 Å². The third-order valence-corrected chi connectivity index (χ3v) is 3.83. The summed E-state index contributed by atoms with van der Waals surface area (Å²) in [7, 11) is 1.64. The van der Waals surface area contributed by atoms with E-state index in [9.17, 15) is 0 Å². The first-order chi connectivity index (χ1) is 9.24. The first kappa shape index (κ1) is 12.6. The number of para-hydroxylation sites is 1. The fourth-order valence-corrected chi connectivity index (χ4v) is 2.91. The van der Waals surface area contributed by atoms with Gasteiger partial charge in [0.05, 0.1) is 38.2 Å². The normalized spacial score (nSPS) is 21.8. The highest BCUT2D eigenvalue weighted by atomic mass is 16.7. The van der Waals surface area contributed by atoms with Gasteiger partial charge in [-0.25, -0.2) is 0 Å². The summed E-state index contributed by atoms with van der Waals surface area (Å²) in [5, 5.41) is 0. The summed E-state index contributed by atoms with van der Waals surface area (Å²) in [6.45, 7) is 3.05. The van der Waals surface area contributed by atoms with Crippen molar-refractivity contribution < 1.29 is 14.2 Å². The molecule has 3 rings (SSSR count). The fraction of sp³-hybridized carbons (Fsp3) is 0.571. The predicted octanol–water partition coefficient (Wildman–Crippen LogP) is 1.62. The molecule has 0 bridgehead atoms. The van der Waals surface area contributed by atoms with Crippen molar-refractivity contribution in [2.75, 3.05) is 44.0 Å². The van der Waals surface area contributed by atoms with E-state index in [1.165, 1.54) is 0 Å². The second kappa shape index (κ2) is 4.90. The molecule has 2 saturated heterocycles. The highest BCUT2D eigenvalue weighted by Crippen LogP contribution is 2.37. The Hall–Kier alpha value is -1.46. The zero-order chi connectivity index (χ0) is 13.3. The Kier molecular flexibility index (Phi) is 3.24. The molecule has 2 aliphatic rings. The van der Waals surface area contributed by atoms with Crippen LogP contribution in [0.25, 0.3) is 0 Å². The van der Waals surface area contributed by atoms with E-state index in [1.54, 1.807) is 7.11 Å². The summed E-state index contributed by atoms with van der Waals surface area (Å²) >= 11 is 0. The molecule has 0 amide bonds. The molecule has 1 aromatic rings. The van der Waals surface area contributed by atoms with Crippen LogP contribution in [0.5, 0.6) is 5.75 Å². The number of ether oxygens (including phenoxy) is 3. The number of benzene rings is 1. The summed E-state index contributed by atoms with van der Waals surface area (Å²) in [5.41, 5.74) is 7.84. The van der Waals surface area contributed by atoms with E-state index < -0.39 is 5.79 Å². The van der Waals surface area contributed by atoms with Gasteiger partial charge in [0.15, 0.2) is 5.79 Å². The molecule has 0 radical (unpaired) electrons. The van der Waals surface area contributed by atoms with Crippen LogP contribution < -0.4 is 15.4 Å². The molecule has 1 aromatic carbocycles. The molecular weight excluding hydrogens is 244 g/mol. The van der Waals surface area contributed by atoms with Crippen LogP contribution in [0, 0.1) is 0 Å². The number of anilines is 2. The van der Waals surface area contributed by atoms with E-state index in [0.29, 0.717) is 24.7 Å². The van der Waals surface area contributed by atoms with Crippen molar-refractivity contribution in [2.24, 2.45) is 0 Å². The van der Waals surface area contributed by atoms with Gasteiger partial charge >= 0.3 is 0 Å². The van der Waals surface area contributed by atoms with Gasteiger partial charge in [-0.05, 0) is 18.6 Å². The third kappa shape index (κ3) is 2.24. The molecule has 5 heteroatoms. The van der Waals surface area contributed by atoms with Crippen LogP contribution in [-0.2, 0) is 9.47 Å². The van der Waals surface area contributed by atoms with Crippen molar-refractivity contribution in [1.82, 2.24) is 0 Å². The minimum absolute atomic E-state index is 0.437. The summed E-state index contributed by atoms with van der Waals surface area (Å²) in [6, 6.07) is 5.86. The Bertz CT molecular complexity index is 458. The predicted molar refractivity (Wildman–Crippen MR) is 73.5 cm³/mol. The number of hydrogen-bond donors (Lipinski definition) is 1. The van der Waals surface area contributed by atoms with E-state index in [0.717, 1.165) is 31.6 Å². The van der Waals surface area contributed by atoms with E-state index in [2.05, 4.69) is 4.90 Å². The van der Waals surface area contributed by atoms with Gasteiger partial charge in [-0.2, -0.15) is 0 Å². The largest absolute Gasteiger partial charge is 0.495 e. The summed E-state index contributed by atoms with van der Waals surface area (Å²) in [5.74, 6) is 0.277. The van der Waals surface area contributed by atoms with Gasteiger partial charge < -0.3 is 24.8 Å². The SMILES string of the molecule is COc1cccc(N2CCCC3(C2)OCCO3)c1N. The molecule has 0 saturated carbocycles. The van der Waals surface area contributed by atoms with E-state index in [4.69, 9.17) is 19.9 Å². The lowest BCUT2D eigenvalue weighted by atomic mass is 10.0. The van der Waals surface area contributed by atoms with E-state index in [1.807, 2.05) is 18.2 Å². The number of nitrogen functional groups attached to an aromatic ring is 1. The Labute approximate surface area is 113 Å². The topological polar surface area (TPSA) is 57.0 Å². The van der Waals surface area contributed by atoms with Gasteiger partial charge in [0, 0.05) is 13.0 Å². The minimum Gasteiger partial charge on any atom is -0.495 e. The molecule has 0 aliphatic carbocycles. The Morgan fingerprint density at radius 1 is 1.32 bits per heavy atom. The summed E-state index contributed by atoms with van der Waals surface area (Å²) < 4.78 is 16.9. The number of nitrogens with two attached hydrogens (primary N) is 1. The van der Waals surface area contributed by atoms with Gasteiger partial charge in [-0.15, -0.1) is 0 Å². The van der Waals surface area contributed by atoms with Crippen molar-refractivity contribution in [3.05, 3.63) is 18.2 Å². The lowest BCUT2D eigenvalue weighted by molar-refractivity contribution is -0.161. The molecule has 5 nitrogen and oxygen atoms in total. The molecule has 19 heavy (non-hydrogen) atoms. The molecule has 2 aliphatic heterocycles. The molecule has 104 valence electrons. The van der Waals surface area contributed by atoms with Crippen molar-refractivity contribution in [2.45, 2.75) is 18.6 Å². The molecule has 0 unspecified atom stereocenters. The van der Waals surface area contributed by atoms with Crippen molar-refractivity contribution >= 4 is 11.4 Å². The van der Waals surface area contributed by atoms with Gasteiger partial charge in [-0.1, -0.05) is 6.07 Å². The van der Waals surface area contributed by atoms with Crippen molar-refractivity contribution in [1.29, 1.82) is 0 Å². The van der Waals surface area contributed by atoms with Crippen LogP contribution in [0.4, 0.5) is 11.4 Å². The zero-order valence-corrected chi connectivity index (χ0v) is 11.2. The first-order valence-corrected chi connectivity index (χ1v) is 6.69. The van der Waals surface area contributed by atoms with Crippen molar-refractivity contribution in [3.8, 4) is 5.75 Å². The fourth-order valence-electron chi connectivity index (χ4n) is 2.91. The third-order valence-electron chi connectivity index (χ3n) is 3.83. The maximum atomic E-state index is 6.16. The van der Waals surface area contributed by atoms with Gasteiger partial charge in [0.25, 0.3) is 0 Å². The highest BCUT2D eigenvalue weighted by Gasteiger charge is 2.41. The van der Waals surface area contributed by atoms with Gasteiger partial charge in [0.2, 0.25) is 0 Å². The molecule has 2 heterocycles. The van der Waals surface area contributed by atoms with Crippen LogP contribution in [0.3, 0.4) is 0 Å². The maximum Gasteiger partial charge on any atom is 0.186 e. The lowest BCUT2D eigenvalue weighted by Crippen LogP contribution is -2.49. The maximum absolute atomic E-state index is 6.16. The number of piperidine rings is 1. The second-order valence-electron chi connectivity index (χ2n) is 5.03. The Morgan fingerprint density at radius 2 is 2.11 bits per heavy atom. The van der Waals surface area contributed by atoms with Crippen LogP contribution >= 0.6 is 0 Å². The molecule has 2 N–H and O–H groups in total. The second-order valence-corrected chi connectivity index (χ2v) is 5.03. The number of rotatable bonds is 2. The standard InChI is InChI=1S/C14H20N2O3/c1-17-12-5-2-4-11(13(12)15)16-7-3-6-14(10-16)18-8-9-19-14/h2,4-5H,3,6-10,15H2,1H3. The minimum atomic E-state index is -0.437. The Morgan fingerprint density at radius 3 is 2.84 bits per heavy atom. The quantitative estimate of drug-likeness (QED) is 0.823. The molecule has 0 atom stereocenters. The molecular formula is C14H20N2O3. The highest BCUT2D eigenvalue weighted by molar-refractivity contribution is 5.74. The zero-order valence-electron chi connectivity index (χ0n) is 11.2. The van der Waals surface area contributed by atoms with Gasteiger partial charge in [-0.3, -0.25) is 0 Å². The van der Waals surface area contributed by atoms with Crippen LogP contribution in [0.15, 0.2) is 18.2 Å². The number of nitrogens with zero attached hydrogens (tertiary/aromatic N) is 1. The first-order valence-electron chi connectivity index (χ1n) is 6.69. The van der Waals surface area contributed by atoms with Crippen LogP contribution in [0.1, 0.15) is 12.8 Å². The average molecular weight is 264 g/mol. The Balaban J connectivity index is 1.85. The van der Waals surface area contributed by atoms with E-state index >= 15 is 0 Å². The summed E-state index contributed by atoms with van der Waals surface area (Å²) in [4.78, 5) is 2.23. The molecule has 0 aromatic heterocycles.